The third-order valence-corrected chi connectivity index (χ3v) is 11.5. The average Bonchev–Trinajstić information content (AvgIpc) is 3.80. The van der Waals surface area contributed by atoms with Crippen LogP contribution < -0.4 is 0 Å². The fourth-order valence-electron chi connectivity index (χ4n) is 8.27. The van der Waals surface area contributed by atoms with Gasteiger partial charge in [-0.15, -0.1) is 11.3 Å². The summed E-state index contributed by atoms with van der Waals surface area (Å²) in [5.74, 6) is 0.760. The molecule has 0 radical (unpaired) electrons. The van der Waals surface area contributed by atoms with Crippen molar-refractivity contribution in [3.05, 3.63) is 140 Å². The van der Waals surface area contributed by atoms with Gasteiger partial charge in [-0.2, -0.15) is 4.98 Å². The summed E-state index contributed by atoms with van der Waals surface area (Å²) >= 11 is 1.87. The number of thiophene rings is 1. The zero-order valence-corrected chi connectivity index (χ0v) is 26.8. The average molecular weight is 642 g/mol. The molecule has 0 spiro atoms. The number of hydrogen-bond donors (Lipinski definition) is 0. The van der Waals surface area contributed by atoms with Gasteiger partial charge in [-0.25, -0.2) is 4.98 Å². The highest BCUT2D eigenvalue weighted by Gasteiger charge is 2.27. The molecule has 49 heavy (non-hydrogen) atoms. The molecule has 0 atom stereocenters. The van der Waals surface area contributed by atoms with Crippen molar-refractivity contribution in [1.82, 2.24) is 14.5 Å². The summed E-state index contributed by atoms with van der Waals surface area (Å²) < 4.78 is 11.3. The quantitative estimate of drug-likeness (QED) is 0.193. The van der Waals surface area contributed by atoms with Gasteiger partial charge in [0.15, 0.2) is 5.82 Å². The van der Waals surface area contributed by atoms with Gasteiger partial charge in [-0.1, -0.05) is 103 Å². The van der Waals surface area contributed by atoms with Gasteiger partial charge in [-0.3, -0.25) is 4.57 Å². The van der Waals surface area contributed by atoms with E-state index in [-0.39, 0.29) is 0 Å². The lowest BCUT2D eigenvalue weighted by atomic mass is 9.95. The van der Waals surface area contributed by atoms with E-state index in [0.29, 0.717) is 5.71 Å². The van der Waals surface area contributed by atoms with E-state index >= 15 is 0 Å². The van der Waals surface area contributed by atoms with E-state index in [4.69, 9.17) is 14.4 Å². The predicted molar refractivity (Wildman–Crippen MR) is 204 cm³/mol. The van der Waals surface area contributed by atoms with Crippen molar-refractivity contribution in [2.75, 3.05) is 0 Å². The normalized spacial score (nSPS) is 12.5. The molecule has 0 aliphatic heterocycles. The van der Waals surface area contributed by atoms with Crippen LogP contribution in [0.5, 0.6) is 0 Å². The summed E-state index contributed by atoms with van der Waals surface area (Å²) in [7, 11) is 0. The first-order valence-electron chi connectivity index (χ1n) is 16.5. The highest BCUT2D eigenvalue weighted by atomic mass is 32.1. The van der Waals surface area contributed by atoms with Crippen molar-refractivity contribution in [2.24, 2.45) is 0 Å². The molecular formula is C44H23N3OS. The van der Waals surface area contributed by atoms with Crippen LogP contribution in [0.15, 0.2) is 144 Å². The third-order valence-electron chi connectivity index (χ3n) is 10.4. The Hall–Kier alpha value is -6.30. The summed E-state index contributed by atoms with van der Waals surface area (Å²) in [6.07, 6.45) is 0. The molecular weight excluding hydrogens is 619 g/mol. The lowest BCUT2D eigenvalue weighted by molar-refractivity contribution is 0.652. The Labute approximate surface area is 283 Å². The first kappa shape index (κ1) is 25.7. The molecule has 0 amide bonds. The largest absolute Gasteiger partial charge is 0.436 e. The minimum atomic E-state index is 0.536. The number of benzene rings is 7. The van der Waals surface area contributed by atoms with E-state index in [1.165, 1.54) is 58.4 Å². The molecule has 11 aromatic rings. The molecule has 0 bridgehead atoms. The number of nitrogens with zero attached hydrogens (tertiary/aromatic N) is 3. The monoisotopic (exact) mass is 641 g/mol. The molecule has 1 aliphatic rings. The van der Waals surface area contributed by atoms with E-state index in [1.807, 2.05) is 29.5 Å². The highest BCUT2D eigenvalue weighted by Crippen LogP contribution is 2.52. The molecule has 0 N–H and O–H groups in total. The number of fused-ring (bicyclic) bond motifs is 4. The lowest BCUT2D eigenvalue weighted by Gasteiger charge is -2.14. The van der Waals surface area contributed by atoms with E-state index < -0.39 is 0 Å². The highest BCUT2D eigenvalue weighted by molar-refractivity contribution is 7.26. The molecule has 1 aliphatic carbocycles. The van der Waals surface area contributed by atoms with E-state index in [2.05, 4.69) is 126 Å². The first-order valence-corrected chi connectivity index (χ1v) is 17.3. The van der Waals surface area contributed by atoms with Crippen molar-refractivity contribution in [1.29, 1.82) is 0 Å². The zero-order valence-electron chi connectivity index (χ0n) is 25.9. The number of hydrogen-bond acceptors (Lipinski definition) is 4. The van der Waals surface area contributed by atoms with Crippen LogP contribution in [-0.4, -0.2) is 14.5 Å². The number of aromatic nitrogens is 3. The second-order valence-electron chi connectivity index (χ2n) is 12.9. The standard InChI is InChI=1S/C44H23N3OS/c1-2-8-24(9-3-1)25-16-18-27(19-17-25)41-43(46-44-42(45-41)30-11-4-5-14-33(30)48-44)47-31-21-20-26-10-6-12-28-29-13-7-15-34-37(29)40-35(49-34)23-22-32(47)39(40)38(31)36(26)28/h1-23H. The molecule has 5 heteroatoms. The molecule has 4 heterocycles. The molecule has 12 rings (SSSR count). The van der Waals surface area contributed by atoms with Crippen LogP contribution in [0.1, 0.15) is 0 Å². The number of rotatable bonds is 3. The molecule has 0 unspecified atom stereocenters. The topological polar surface area (TPSA) is 43.9 Å². The van der Waals surface area contributed by atoms with Crippen LogP contribution in [0, 0.1) is 0 Å². The Balaban J connectivity index is 1.25. The van der Waals surface area contributed by atoms with Gasteiger partial charge < -0.3 is 4.42 Å². The molecule has 7 aromatic carbocycles. The lowest BCUT2D eigenvalue weighted by Crippen LogP contribution is -2.03. The fourth-order valence-corrected chi connectivity index (χ4v) is 9.41. The zero-order chi connectivity index (χ0) is 31.8. The minimum absolute atomic E-state index is 0.536. The maximum Gasteiger partial charge on any atom is 0.248 e. The Morgan fingerprint density at radius 1 is 0.490 bits per heavy atom. The Morgan fingerprint density at radius 3 is 2.06 bits per heavy atom. The van der Waals surface area contributed by atoms with Gasteiger partial charge in [0, 0.05) is 41.9 Å². The van der Waals surface area contributed by atoms with Gasteiger partial charge in [0.1, 0.15) is 16.8 Å². The van der Waals surface area contributed by atoms with Gasteiger partial charge in [0.25, 0.3) is 0 Å². The first-order chi connectivity index (χ1) is 24.3. The molecule has 0 saturated carbocycles. The molecule has 4 nitrogen and oxygen atoms in total. The van der Waals surface area contributed by atoms with Crippen LogP contribution in [0.25, 0.3) is 114 Å². The Kier molecular flexibility index (Phi) is 4.83. The Morgan fingerprint density at radius 2 is 1.18 bits per heavy atom. The fraction of sp³-hybridized carbons (Fsp3) is 0. The third kappa shape index (κ3) is 3.32. The van der Waals surface area contributed by atoms with Crippen molar-refractivity contribution >= 4 is 86.3 Å². The van der Waals surface area contributed by atoms with Crippen LogP contribution in [0.3, 0.4) is 0 Å². The van der Waals surface area contributed by atoms with Gasteiger partial charge in [0.05, 0.1) is 11.0 Å². The van der Waals surface area contributed by atoms with Crippen molar-refractivity contribution in [2.45, 2.75) is 0 Å². The predicted octanol–water partition coefficient (Wildman–Crippen LogP) is 12.3. The summed E-state index contributed by atoms with van der Waals surface area (Å²) in [6.45, 7) is 0. The van der Waals surface area contributed by atoms with E-state index in [0.717, 1.165) is 50.2 Å². The maximum atomic E-state index is 6.39. The minimum Gasteiger partial charge on any atom is -0.436 e. The number of para-hydroxylation sites is 1. The van der Waals surface area contributed by atoms with Crippen molar-refractivity contribution in [3.63, 3.8) is 0 Å². The second kappa shape index (κ2) is 9.19. The van der Waals surface area contributed by atoms with Crippen LogP contribution >= 0.6 is 11.3 Å². The van der Waals surface area contributed by atoms with Crippen molar-refractivity contribution < 1.29 is 4.42 Å². The van der Waals surface area contributed by atoms with E-state index in [1.54, 1.807) is 0 Å². The molecule has 226 valence electrons. The van der Waals surface area contributed by atoms with Gasteiger partial charge in [0.2, 0.25) is 5.71 Å². The van der Waals surface area contributed by atoms with Crippen molar-refractivity contribution in [3.8, 4) is 39.3 Å². The summed E-state index contributed by atoms with van der Waals surface area (Å²) in [5, 5.41) is 8.70. The molecule has 4 aromatic heterocycles. The smallest absolute Gasteiger partial charge is 0.248 e. The van der Waals surface area contributed by atoms with Gasteiger partial charge >= 0.3 is 0 Å². The Bertz CT molecular complexity index is 3200. The van der Waals surface area contributed by atoms with Crippen LogP contribution in [-0.2, 0) is 0 Å². The van der Waals surface area contributed by atoms with E-state index in [9.17, 15) is 0 Å². The summed E-state index contributed by atoms with van der Waals surface area (Å²) in [6, 6.07) is 49.8. The molecule has 0 saturated heterocycles. The SMILES string of the molecule is c1ccc(-c2ccc(-c3nc4c(nc3-n3c5ccc6cccc7c6c5c5c6c(ccc53)sc3cccc-7c36)oc3ccccc34)cc2)cc1. The van der Waals surface area contributed by atoms with Gasteiger partial charge in [-0.05, 0) is 69.4 Å². The molecule has 0 fully saturated rings. The summed E-state index contributed by atoms with van der Waals surface area (Å²) in [5.41, 5.74) is 11.1. The number of furan rings is 1. The van der Waals surface area contributed by atoms with Crippen LogP contribution in [0.2, 0.25) is 0 Å². The van der Waals surface area contributed by atoms with Crippen LogP contribution in [0.4, 0.5) is 0 Å². The maximum absolute atomic E-state index is 6.39. The second-order valence-corrected chi connectivity index (χ2v) is 14.0. The summed E-state index contributed by atoms with van der Waals surface area (Å²) in [4.78, 5) is 10.8.